The van der Waals surface area contributed by atoms with Gasteiger partial charge in [0, 0.05) is 39.6 Å². The van der Waals surface area contributed by atoms with Gasteiger partial charge in [0.2, 0.25) is 12.7 Å². The molecular formula is C17H21N5O4. The van der Waals surface area contributed by atoms with E-state index in [4.69, 9.17) is 14.0 Å². The number of hydrogen-bond acceptors (Lipinski definition) is 7. The van der Waals surface area contributed by atoms with Crippen LogP contribution in [-0.2, 0) is 13.1 Å². The lowest BCUT2D eigenvalue weighted by Gasteiger charge is -2.34. The van der Waals surface area contributed by atoms with E-state index in [1.165, 1.54) is 5.56 Å². The van der Waals surface area contributed by atoms with Crippen molar-refractivity contribution in [3.05, 3.63) is 35.5 Å². The summed E-state index contributed by atoms with van der Waals surface area (Å²) in [5.74, 6) is 2.58. The number of hydrogen-bond donors (Lipinski definition) is 1. The predicted octanol–water partition coefficient (Wildman–Crippen LogP) is 1.13. The maximum atomic E-state index is 12.3. The number of urea groups is 1. The molecule has 1 fully saturated rings. The Bertz CT molecular complexity index is 785. The predicted molar refractivity (Wildman–Crippen MR) is 90.7 cm³/mol. The SMILES string of the molecule is Cc1nc(CNC(=O)N2CCN(Cc3ccc4c(c3)OCO4)CC2)no1. The van der Waals surface area contributed by atoms with Crippen LogP contribution in [0.3, 0.4) is 0 Å². The van der Waals surface area contributed by atoms with Crippen molar-refractivity contribution >= 4 is 6.03 Å². The molecule has 0 atom stereocenters. The van der Waals surface area contributed by atoms with Crippen LogP contribution in [-0.4, -0.2) is 58.9 Å². The minimum Gasteiger partial charge on any atom is -0.454 e. The van der Waals surface area contributed by atoms with Crippen LogP contribution in [0.2, 0.25) is 0 Å². The number of rotatable bonds is 4. The fraction of sp³-hybridized carbons (Fsp3) is 0.471. The molecule has 2 amide bonds. The van der Waals surface area contributed by atoms with Crippen molar-refractivity contribution in [3.63, 3.8) is 0 Å². The molecule has 1 N–H and O–H groups in total. The van der Waals surface area contributed by atoms with Gasteiger partial charge in [-0.1, -0.05) is 11.2 Å². The number of amides is 2. The van der Waals surface area contributed by atoms with Crippen molar-refractivity contribution in [2.45, 2.75) is 20.0 Å². The third-order valence-corrected chi connectivity index (χ3v) is 4.47. The number of piperazine rings is 1. The molecule has 9 nitrogen and oxygen atoms in total. The van der Waals surface area contributed by atoms with Gasteiger partial charge in [-0.25, -0.2) is 4.79 Å². The Morgan fingerprint density at radius 2 is 2.00 bits per heavy atom. The molecule has 1 aromatic heterocycles. The van der Waals surface area contributed by atoms with E-state index in [0.717, 1.165) is 31.1 Å². The fourth-order valence-electron chi connectivity index (χ4n) is 3.09. The van der Waals surface area contributed by atoms with Crippen LogP contribution < -0.4 is 14.8 Å². The summed E-state index contributed by atoms with van der Waals surface area (Å²) < 4.78 is 15.7. The van der Waals surface area contributed by atoms with E-state index < -0.39 is 0 Å². The number of ether oxygens (including phenoxy) is 2. The van der Waals surface area contributed by atoms with Gasteiger partial charge in [0.25, 0.3) is 0 Å². The summed E-state index contributed by atoms with van der Waals surface area (Å²) in [5, 5.41) is 6.60. The zero-order chi connectivity index (χ0) is 17.9. The summed E-state index contributed by atoms with van der Waals surface area (Å²) in [6, 6.07) is 5.92. The molecule has 1 saturated heterocycles. The average molecular weight is 359 g/mol. The van der Waals surface area contributed by atoms with E-state index in [0.29, 0.717) is 24.8 Å². The van der Waals surface area contributed by atoms with E-state index in [1.54, 1.807) is 6.92 Å². The molecule has 26 heavy (non-hydrogen) atoms. The second-order valence-electron chi connectivity index (χ2n) is 6.34. The van der Waals surface area contributed by atoms with E-state index in [-0.39, 0.29) is 19.4 Å². The lowest BCUT2D eigenvalue weighted by Crippen LogP contribution is -2.51. The second-order valence-corrected chi connectivity index (χ2v) is 6.34. The highest BCUT2D eigenvalue weighted by atomic mass is 16.7. The van der Waals surface area contributed by atoms with Gasteiger partial charge < -0.3 is 24.2 Å². The summed E-state index contributed by atoms with van der Waals surface area (Å²) in [4.78, 5) is 20.5. The molecule has 2 aromatic rings. The molecule has 2 aliphatic rings. The number of carbonyl (C=O) groups excluding carboxylic acids is 1. The van der Waals surface area contributed by atoms with Crippen LogP contribution in [0.4, 0.5) is 4.79 Å². The first kappa shape index (κ1) is 16.6. The molecule has 0 radical (unpaired) electrons. The minimum absolute atomic E-state index is 0.102. The number of aromatic nitrogens is 2. The lowest BCUT2D eigenvalue weighted by molar-refractivity contribution is 0.135. The van der Waals surface area contributed by atoms with E-state index >= 15 is 0 Å². The van der Waals surface area contributed by atoms with Crippen molar-refractivity contribution < 1.29 is 18.8 Å². The monoisotopic (exact) mass is 359 g/mol. The Kier molecular flexibility index (Phi) is 4.61. The second kappa shape index (κ2) is 7.20. The largest absolute Gasteiger partial charge is 0.454 e. The van der Waals surface area contributed by atoms with Crippen LogP contribution in [0, 0.1) is 6.92 Å². The molecule has 3 heterocycles. The van der Waals surface area contributed by atoms with Crippen LogP contribution in [0.5, 0.6) is 11.5 Å². The summed E-state index contributed by atoms with van der Waals surface area (Å²) in [6.45, 7) is 6.12. The minimum atomic E-state index is -0.102. The number of benzene rings is 1. The maximum absolute atomic E-state index is 12.3. The average Bonchev–Trinajstić information content (AvgIpc) is 3.28. The molecular weight excluding hydrogens is 338 g/mol. The van der Waals surface area contributed by atoms with Gasteiger partial charge in [-0.05, 0) is 17.7 Å². The lowest BCUT2D eigenvalue weighted by atomic mass is 10.1. The molecule has 0 unspecified atom stereocenters. The molecule has 1 aromatic carbocycles. The Labute approximate surface area is 150 Å². The Hall–Kier alpha value is -2.81. The first-order valence-corrected chi connectivity index (χ1v) is 8.60. The molecule has 0 bridgehead atoms. The highest BCUT2D eigenvalue weighted by Gasteiger charge is 2.22. The zero-order valence-corrected chi connectivity index (χ0v) is 14.6. The van der Waals surface area contributed by atoms with Gasteiger partial charge in [-0.3, -0.25) is 4.90 Å². The highest BCUT2D eigenvalue weighted by Crippen LogP contribution is 2.32. The Morgan fingerprint density at radius 1 is 1.19 bits per heavy atom. The first-order valence-electron chi connectivity index (χ1n) is 8.60. The molecule has 0 spiro atoms. The Morgan fingerprint density at radius 3 is 2.77 bits per heavy atom. The van der Waals surface area contributed by atoms with E-state index in [2.05, 4.69) is 26.4 Å². The summed E-state index contributed by atoms with van der Waals surface area (Å²) in [5.41, 5.74) is 1.18. The first-order chi connectivity index (χ1) is 12.7. The quantitative estimate of drug-likeness (QED) is 0.875. The van der Waals surface area contributed by atoms with Crippen LogP contribution in [0.15, 0.2) is 22.7 Å². The molecule has 9 heteroatoms. The van der Waals surface area contributed by atoms with Gasteiger partial charge in [-0.2, -0.15) is 4.98 Å². The fourth-order valence-corrected chi connectivity index (χ4v) is 3.09. The van der Waals surface area contributed by atoms with Crippen LogP contribution >= 0.6 is 0 Å². The molecule has 2 aliphatic heterocycles. The topological polar surface area (TPSA) is 93.0 Å². The third-order valence-electron chi connectivity index (χ3n) is 4.47. The number of fused-ring (bicyclic) bond motifs is 1. The normalized spacial score (nSPS) is 16.7. The number of carbonyl (C=O) groups is 1. The third kappa shape index (κ3) is 3.72. The number of aryl methyl sites for hydroxylation is 1. The molecule has 0 aliphatic carbocycles. The molecule has 0 saturated carbocycles. The Balaban J connectivity index is 1.24. The summed E-state index contributed by atoms with van der Waals surface area (Å²) in [6.07, 6.45) is 0. The maximum Gasteiger partial charge on any atom is 0.317 e. The van der Waals surface area contributed by atoms with Crippen LogP contribution in [0.25, 0.3) is 0 Å². The smallest absolute Gasteiger partial charge is 0.317 e. The van der Waals surface area contributed by atoms with Crippen molar-refractivity contribution in [1.29, 1.82) is 0 Å². The molecule has 4 rings (SSSR count). The summed E-state index contributed by atoms with van der Waals surface area (Å²) >= 11 is 0. The summed E-state index contributed by atoms with van der Waals surface area (Å²) in [7, 11) is 0. The van der Waals surface area contributed by atoms with Gasteiger partial charge >= 0.3 is 6.03 Å². The zero-order valence-electron chi connectivity index (χ0n) is 14.6. The van der Waals surface area contributed by atoms with E-state index in [9.17, 15) is 4.79 Å². The number of nitrogens with zero attached hydrogens (tertiary/aromatic N) is 4. The van der Waals surface area contributed by atoms with Gasteiger partial charge in [0.15, 0.2) is 17.3 Å². The van der Waals surface area contributed by atoms with Crippen LogP contribution in [0.1, 0.15) is 17.3 Å². The van der Waals surface area contributed by atoms with Gasteiger partial charge in [0.1, 0.15) is 0 Å². The van der Waals surface area contributed by atoms with Crippen molar-refractivity contribution in [1.82, 2.24) is 25.3 Å². The van der Waals surface area contributed by atoms with Crippen molar-refractivity contribution in [2.75, 3.05) is 33.0 Å². The van der Waals surface area contributed by atoms with Crippen molar-refractivity contribution in [3.8, 4) is 11.5 Å². The van der Waals surface area contributed by atoms with E-state index in [1.807, 2.05) is 17.0 Å². The number of nitrogens with one attached hydrogen (secondary N) is 1. The standard InChI is InChI=1S/C17H21N5O4/c1-12-19-16(20-26-12)9-18-17(23)22-6-4-21(5-7-22)10-13-2-3-14-15(8-13)25-11-24-14/h2-3,8H,4-7,9-11H2,1H3,(H,18,23). The highest BCUT2D eigenvalue weighted by molar-refractivity contribution is 5.74. The van der Waals surface area contributed by atoms with Gasteiger partial charge in [0.05, 0.1) is 6.54 Å². The van der Waals surface area contributed by atoms with Crippen molar-refractivity contribution in [2.24, 2.45) is 0 Å². The van der Waals surface area contributed by atoms with Gasteiger partial charge in [-0.15, -0.1) is 0 Å². The molecule has 138 valence electrons.